The van der Waals surface area contributed by atoms with Crippen LogP contribution < -0.4 is 4.74 Å². The third-order valence-electron chi connectivity index (χ3n) is 2.04. The summed E-state index contributed by atoms with van der Waals surface area (Å²) in [6.07, 6.45) is 1.50. The number of aromatic nitrogens is 1. The first-order valence-electron chi connectivity index (χ1n) is 4.59. The second-order valence-corrected chi connectivity index (χ2v) is 3.19. The molecule has 0 aliphatic heterocycles. The lowest BCUT2D eigenvalue weighted by atomic mass is 10.2. The van der Waals surface area contributed by atoms with Gasteiger partial charge in [-0.3, -0.25) is 4.98 Å². The van der Waals surface area contributed by atoms with Crippen molar-refractivity contribution in [3.63, 3.8) is 0 Å². The molecule has 0 unspecified atom stereocenters. The van der Waals surface area contributed by atoms with E-state index >= 15 is 0 Å². The van der Waals surface area contributed by atoms with Gasteiger partial charge in [0.25, 0.3) is 0 Å². The molecule has 1 aromatic carbocycles. The molecule has 2 rings (SSSR count). The first kappa shape index (κ1) is 10.2. The van der Waals surface area contributed by atoms with E-state index in [1.165, 1.54) is 18.3 Å². The number of phenolic OH excluding ortho intramolecular Hbond substituents is 1. The second kappa shape index (κ2) is 4.06. The quantitative estimate of drug-likeness (QED) is 0.815. The molecule has 2 N–H and O–H groups in total. The normalized spacial score (nSPS) is 10.2. The molecule has 0 amide bonds. The molecule has 0 radical (unpaired) electrons. The minimum atomic E-state index is -1.04. The Balaban J connectivity index is 2.41. The van der Waals surface area contributed by atoms with Crippen LogP contribution in [-0.2, 0) is 4.79 Å². The Morgan fingerprint density at radius 2 is 2.19 bits per heavy atom. The number of hydrogen-bond donors (Lipinski definition) is 2. The van der Waals surface area contributed by atoms with Gasteiger partial charge in [0.2, 0.25) is 0 Å². The lowest BCUT2D eigenvalue weighted by molar-refractivity contribution is -0.139. The van der Waals surface area contributed by atoms with E-state index in [1.54, 1.807) is 12.1 Å². The Morgan fingerprint density at radius 3 is 2.94 bits per heavy atom. The number of nitrogens with zero attached hydrogens (tertiary/aromatic N) is 1. The molecule has 1 heterocycles. The number of carboxylic acids is 1. The molecule has 5 heteroatoms. The van der Waals surface area contributed by atoms with Crippen molar-refractivity contribution in [1.82, 2.24) is 4.98 Å². The summed E-state index contributed by atoms with van der Waals surface area (Å²) in [6.45, 7) is -0.403. The van der Waals surface area contributed by atoms with Gasteiger partial charge in [-0.2, -0.15) is 0 Å². The molecule has 0 spiro atoms. The lowest BCUT2D eigenvalue weighted by Gasteiger charge is -2.06. The van der Waals surface area contributed by atoms with Crippen LogP contribution in [-0.4, -0.2) is 27.8 Å². The lowest BCUT2D eigenvalue weighted by Crippen LogP contribution is -2.09. The number of rotatable bonds is 3. The van der Waals surface area contributed by atoms with E-state index in [1.807, 2.05) is 0 Å². The number of fused-ring (bicyclic) bond motifs is 1. The molecule has 0 atom stereocenters. The molecular weight excluding hydrogens is 210 g/mol. The summed E-state index contributed by atoms with van der Waals surface area (Å²) >= 11 is 0. The molecule has 0 bridgehead atoms. The molecule has 2 aromatic rings. The number of phenols is 1. The summed E-state index contributed by atoms with van der Waals surface area (Å²) in [6, 6.07) is 6.21. The number of carbonyl (C=O) groups is 1. The molecule has 0 saturated carbocycles. The standard InChI is InChI=1S/C11H9NO4/c13-7-1-2-8-9(5-7)12-4-3-10(8)16-6-11(14)15/h1-5,13H,6H2,(H,14,15). The Bertz CT molecular complexity index is 538. The van der Waals surface area contributed by atoms with Crippen LogP contribution in [0.5, 0.6) is 11.5 Å². The van der Waals surface area contributed by atoms with Crippen LogP contribution in [0.3, 0.4) is 0 Å². The van der Waals surface area contributed by atoms with Gasteiger partial charge >= 0.3 is 5.97 Å². The third-order valence-corrected chi connectivity index (χ3v) is 2.04. The van der Waals surface area contributed by atoms with Crippen molar-refractivity contribution in [2.45, 2.75) is 0 Å². The van der Waals surface area contributed by atoms with Crippen molar-refractivity contribution in [3.8, 4) is 11.5 Å². The summed E-state index contributed by atoms with van der Waals surface area (Å²) in [5, 5.41) is 18.4. The number of carboxylic acid groups (broad SMARTS) is 1. The molecule has 1 aromatic heterocycles. The van der Waals surface area contributed by atoms with Gasteiger partial charge in [-0.25, -0.2) is 4.79 Å². The van der Waals surface area contributed by atoms with Gasteiger partial charge in [0, 0.05) is 17.6 Å². The van der Waals surface area contributed by atoms with Crippen molar-refractivity contribution in [2.24, 2.45) is 0 Å². The summed E-state index contributed by atoms with van der Waals surface area (Å²) in [7, 11) is 0. The van der Waals surface area contributed by atoms with Crippen LogP contribution in [0.4, 0.5) is 0 Å². The molecule has 16 heavy (non-hydrogen) atoms. The highest BCUT2D eigenvalue weighted by molar-refractivity contribution is 5.86. The highest BCUT2D eigenvalue weighted by Gasteiger charge is 2.05. The smallest absolute Gasteiger partial charge is 0.341 e. The van der Waals surface area contributed by atoms with E-state index in [0.717, 1.165) is 0 Å². The number of pyridine rings is 1. The van der Waals surface area contributed by atoms with Crippen LogP contribution >= 0.6 is 0 Å². The van der Waals surface area contributed by atoms with Crippen molar-refractivity contribution >= 4 is 16.9 Å². The van der Waals surface area contributed by atoms with Crippen LogP contribution in [0, 0.1) is 0 Å². The van der Waals surface area contributed by atoms with Gasteiger partial charge in [0.1, 0.15) is 11.5 Å². The maximum atomic E-state index is 10.4. The molecule has 0 aliphatic carbocycles. The number of aromatic hydroxyl groups is 1. The zero-order valence-electron chi connectivity index (χ0n) is 8.25. The zero-order chi connectivity index (χ0) is 11.5. The molecule has 0 saturated heterocycles. The Kier molecular flexibility index (Phi) is 2.59. The molecular formula is C11H9NO4. The number of benzene rings is 1. The van der Waals surface area contributed by atoms with Crippen LogP contribution in [0.1, 0.15) is 0 Å². The fourth-order valence-corrected chi connectivity index (χ4v) is 1.38. The summed E-state index contributed by atoms with van der Waals surface area (Å²) in [4.78, 5) is 14.4. The van der Waals surface area contributed by atoms with Gasteiger partial charge in [0.05, 0.1) is 5.52 Å². The summed E-state index contributed by atoms with van der Waals surface area (Å²) in [5.41, 5.74) is 0.558. The average Bonchev–Trinajstić information content (AvgIpc) is 2.25. The third kappa shape index (κ3) is 2.03. The predicted molar refractivity (Wildman–Crippen MR) is 56.5 cm³/mol. The average molecular weight is 219 g/mol. The maximum Gasteiger partial charge on any atom is 0.341 e. The van der Waals surface area contributed by atoms with Gasteiger partial charge in [-0.15, -0.1) is 0 Å². The Morgan fingerprint density at radius 1 is 1.38 bits per heavy atom. The van der Waals surface area contributed by atoms with Crippen LogP contribution in [0.15, 0.2) is 30.5 Å². The van der Waals surface area contributed by atoms with Crippen LogP contribution in [0.2, 0.25) is 0 Å². The summed E-state index contributed by atoms with van der Waals surface area (Å²) in [5.74, 6) is -0.494. The number of aliphatic carboxylic acids is 1. The number of ether oxygens (including phenoxy) is 1. The Labute approximate surface area is 90.9 Å². The minimum absolute atomic E-state index is 0.107. The first-order valence-corrected chi connectivity index (χ1v) is 4.59. The van der Waals surface area contributed by atoms with Gasteiger partial charge in [-0.05, 0) is 18.2 Å². The number of hydrogen-bond acceptors (Lipinski definition) is 4. The van der Waals surface area contributed by atoms with E-state index in [9.17, 15) is 9.90 Å². The monoisotopic (exact) mass is 219 g/mol. The zero-order valence-corrected chi connectivity index (χ0v) is 8.25. The van der Waals surface area contributed by atoms with E-state index in [-0.39, 0.29) is 5.75 Å². The minimum Gasteiger partial charge on any atom is -0.508 e. The van der Waals surface area contributed by atoms with Crippen molar-refractivity contribution < 1.29 is 19.7 Å². The topological polar surface area (TPSA) is 79.7 Å². The fraction of sp³-hybridized carbons (Fsp3) is 0.0909. The largest absolute Gasteiger partial charge is 0.508 e. The SMILES string of the molecule is O=C(O)COc1ccnc2cc(O)ccc12. The molecule has 82 valence electrons. The fourth-order valence-electron chi connectivity index (χ4n) is 1.38. The second-order valence-electron chi connectivity index (χ2n) is 3.19. The van der Waals surface area contributed by atoms with Crippen molar-refractivity contribution in [3.05, 3.63) is 30.5 Å². The van der Waals surface area contributed by atoms with E-state index in [2.05, 4.69) is 4.98 Å². The molecule has 0 aliphatic rings. The molecule has 5 nitrogen and oxygen atoms in total. The van der Waals surface area contributed by atoms with Gasteiger partial charge in [-0.1, -0.05) is 0 Å². The highest BCUT2D eigenvalue weighted by atomic mass is 16.5. The molecule has 0 fully saturated rings. The first-order chi connectivity index (χ1) is 7.66. The van der Waals surface area contributed by atoms with Crippen LogP contribution in [0.25, 0.3) is 10.9 Å². The van der Waals surface area contributed by atoms with Gasteiger partial charge in [0.15, 0.2) is 6.61 Å². The van der Waals surface area contributed by atoms with E-state index < -0.39 is 12.6 Å². The van der Waals surface area contributed by atoms with Crippen molar-refractivity contribution in [1.29, 1.82) is 0 Å². The van der Waals surface area contributed by atoms with E-state index in [0.29, 0.717) is 16.7 Å². The maximum absolute atomic E-state index is 10.4. The highest BCUT2D eigenvalue weighted by Crippen LogP contribution is 2.26. The predicted octanol–water partition coefficient (Wildman–Crippen LogP) is 1.40. The van der Waals surface area contributed by atoms with E-state index in [4.69, 9.17) is 9.84 Å². The Hall–Kier alpha value is -2.30. The summed E-state index contributed by atoms with van der Waals surface area (Å²) < 4.78 is 5.10. The van der Waals surface area contributed by atoms with Gasteiger partial charge < -0.3 is 14.9 Å². The van der Waals surface area contributed by atoms with Crippen molar-refractivity contribution in [2.75, 3.05) is 6.61 Å².